The van der Waals surface area contributed by atoms with Gasteiger partial charge in [0.1, 0.15) is 5.75 Å². The molecule has 0 radical (unpaired) electrons. The molecule has 0 saturated heterocycles. The van der Waals surface area contributed by atoms with Gasteiger partial charge in [0.15, 0.2) is 0 Å². The molecule has 1 amide bonds. The molecule has 7 N–H and O–H groups in total. The largest absolute Gasteiger partial charge is 0.547 e. The summed E-state index contributed by atoms with van der Waals surface area (Å²) in [5.41, 5.74) is 6.36. The van der Waals surface area contributed by atoms with E-state index in [9.17, 15) is 19.7 Å². The van der Waals surface area contributed by atoms with Gasteiger partial charge in [-0.2, -0.15) is 0 Å². The number of aliphatic hydroxyl groups is 1. The zero-order chi connectivity index (χ0) is 21.7. The molecule has 2 aliphatic rings. The van der Waals surface area contributed by atoms with Gasteiger partial charge in [-0.3, -0.25) is 4.79 Å². The van der Waals surface area contributed by atoms with Crippen molar-refractivity contribution >= 4 is 19.0 Å². The number of nitrogens with one attached hydrogen (secondary N) is 2. The molecule has 1 heterocycles. The van der Waals surface area contributed by atoms with Crippen molar-refractivity contribution in [1.29, 1.82) is 0 Å². The standard InChI is InChI=1S/C20H30BN3O6/c22-14(11-25)10-23-15-6-4-12(5-7-15)8-18(26)24-17-9-13-2-1-3-16(20(27)28)19(13)30-21(17)29/h1-3,12,14-15,17,23,25,29H,4-11,22H2,(H,24,26)(H,27,28)/t12?,14-,15?,17-/m0/s1. The molecule has 1 aromatic rings. The Balaban J connectivity index is 1.47. The first kappa shape index (κ1) is 22.5. The number of fused-ring (bicyclic) bond motifs is 1. The van der Waals surface area contributed by atoms with Crippen molar-refractivity contribution in [3.63, 3.8) is 0 Å². The summed E-state index contributed by atoms with van der Waals surface area (Å²) >= 11 is 0. The molecule has 2 atom stereocenters. The van der Waals surface area contributed by atoms with Crippen LogP contribution in [0, 0.1) is 5.92 Å². The Kier molecular flexibility index (Phi) is 7.71. The lowest BCUT2D eigenvalue weighted by atomic mass is 9.72. The van der Waals surface area contributed by atoms with Crippen molar-refractivity contribution in [1.82, 2.24) is 10.6 Å². The first-order valence-electron chi connectivity index (χ1n) is 10.5. The van der Waals surface area contributed by atoms with Crippen LogP contribution < -0.4 is 21.0 Å². The van der Waals surface area contributed by atoms with E-state index in [0.717, 1.165) is 25.7 Å². The van der Waals surface area contributed by atoms with Crippen molar-refractivity contribution in [2.24, 2.45) is 11.7 Å². The Morgan fingerprint density at radius 2 is 2.00 bits per heavy atom. The maximum Gasteiger partial charge on any atom is 0.547 e. The summed E-state index contributed by atoms with van der Waals surface area (Å²) in [6.45, 7) is 0.540. The minimum atomic E-state index is -1.29. The first-order chi connectivity index (χ1) is 14.4. The van der Waals surface area contributed by atoms with Crippen molar-refractivity contribution in [2.75, 3.05) is 13.2 Å². The molecule has 1 aliphatic heterocycles. The Labute approximate surface area is 176 Å². The highest BCUT2D eigenvalue weighted by atomic mass is 16.5. The van der Waals surface area contributed by atoms with Crippen molar-refractivity contribution in [2.45, 2.75) is 56.5 Å². The van der Waals surface area contributed by atoms with E-state index in [-0.39, 0.29) is 35.8 Å². The van der Waals surface area contributed by atoms with Crippen LogP contribution >= 0.6 is 0 Å². The molecule has 3 rings (SSSR count). The summed E-state index contributed by atoms with van der Waals surface area (Å²) in [5, 5.41) is 34.7. The van der Waals surface area contributed by atoms with Crippen molar-refractivity contribution in [3.8, 4) is 5.75 Å². The van der Waals surface area contributed by atoms with Crippen LogP contribution in [-0.4, -0.2) is 65.4 Å². The maximum atomic E-state index is 12.5. The average Bonchev–Trinajstić information content (AvgIpc) is 2.73. The molecule has 1 fully saturated rings. The van der Waals surface area contributed by atoms with Crippen LogP contribution in [0.25, 0.3) is 0 Å². The van der Waals surface area contributed by atoms with Crippen LogP contribution in [-0.2, 0) is 11.2 Å². The second-order valence-electron chi connectivity index (χ2n) is 8.26. The SMILES string of the molecule is N[C@H](CO)CNC1CCC(CC(=O)N[C@H]2Cc3cccc(C(=O)O)c3OB2O)CC1. The summed E-state index contributed by atoms with van der Waals surface area (Å²) in [7, 11) is -1.29. The summed E-state index contributed by atoms with van der Waals surface area (Å²) in [6, 6.07) is 4.89. The molecule has 1 saturated carbocycles. The zero-order valence-corrected chi connectivity index (χ0v) is 16.9. The third kappa shape index (κ3) is 5.72. The normalized spacial score (nSPS) is 24.5. The molecule has 30 heavy (non-hydrogen) atoms. The average molecular weight is 419 g/mol. The van der Waals surface area contributed by atoms with E-state index < -0.39 is 19.0 Å². The number of rotatable bonds is 8. The number of aliphatic hydroxyl groups excluding tert-OH is 1. The minimum Gasteiger partial charge on any atom is -0.534 e. The number of carbonyl (C=O) groups is 2. The van der Waals surface area contributed by atoms with Crippen LogP contribution in [0.3, 0.4) is 0 Å². The number of carboxylic acid groups (broad SMARTS) is 1. The predicted octanol–water partition coefficient (Wildman–Crippen LogP) is -0.318. The number of nitrogens with two attached hydrogens (primary N) is 1. The molecule has 164 valence electrons. The van der Waals surface area contributed by atoms with Gasteiger partial charge in [-0.25, -0.2) is 4.79 Å². The van der Waals surface area contributed by atoms with Gasteiger partial charge >= 0.3 is 13.1 Å². The van der Waals surface area contributed by atoms with E-state index in [1.165, 1.54) is 6.07 Å². The lowest BCUT2D eigenvalue weighted by Gasteiger charge is -2.31. The fourth-order valence-corrected chi connectivity index (χ4v) is 4.20. The Bertz CT molecular complexity index is 756. The highest BCUT2D eigenvalue weighted by molar-refractivity contribution is 6.47. The smallest absolute Gasteiger partial charge is 0.534 e. The van der Waals surface area contributed by atoms with Gasteiger partial charge in [-0.15, -0.1) is 0 Å². The molecule has 10 heteroatoms. The lowest BCUT2D eigenvalue weighted by Crippen LogP contribution is -2.53. The molecule has 9 nitrogen and oxygen atoms in total. The van der Waals surface area contributed by atoms with E-state index in [1.54, 1.807) is 12.1 Å². The third-order valence-corrected chi connectivity index (χ3v) is 5.92. The molecule has 0 unspecified atom stereocenters. The van der Waals surface area contributed by atoms with Crippen LogP contribution in [0.4, 0.5) is 0 Å². The summed E-state index contributed by atoms with van der Waals surface area (Å²) in [5.74, 6) is -1.44. The number of benzene rings is 1. The molecule has 0 bridgehead atoms. The first-order valence-corrected chi connectivity index (χ1v) is 10.5. The Morgan fingerprint density at radius 1 is 1.27 bits per heavy atom. The van der Waals surface area contributed by atoms with E-state index in [2.05, 4.69) is 10.6 Å². The van der Waals surface area contributed by atoms with Gasteiger partial charge in [0.25, 0.3) is 0 Å². The van der Waals surface area contributed by atoms with Crippen LogP contribution in [0.15, 0.2) is 18.2 Å². The number of carbonyl (C=O) groups excluding carboxylic acids is 1. The van der Waals surface area contributed by atoms with Gasteiger partial charge < -0.3 is 36.3 Å². The highest BCUT2D eigenvalue weighted by Gasteiger charge is 2.38. The van der Waals surface area contributed by atoms with Crippen LogP contribution in [0.1, 0.15) is 48.0 Å². The van der Waals surface area contributed by atoms with Gasteiger partial charge in [-0.1, -0.05) is 12.1 Å². The number of hydrogen-bond acceptors (Lipinski definition) is 7. The van der Waals surface area contributed by atoms with Gasteiger partial charge in [-0.05, 0) is 49.7 Å². The summed E-state index contributed by atoms with van der Waals surface area (Å²) < 4.78 is 5.42. The fraction of sp³-hybridized carbons (Fsp3) is 0.600. The number of amides is 1. The second-order valence-corrected chi connectivity index (χ2v) is 8.26. The third-order valence-electron chi connectivity index (χ3n) is 5.92. The van der Waals surface area contributed by atoms with Gasteiger partial charge in [0.05, 0.1) is 18.1 Å². The Morgan fingerprint density at radius 3 is 2.67 bits per heavy atom. The maximum absolute atomic E-state index is 12.5. The van der Waals surface area contributed by atoms with Crippen LogP contribution in [0.2, 0.25) is 0 Å². The highest BCUT2D eigenvalue weighted by Crippen LogP contribution is 2.31. The number of para-hydroxylation sites is 1. The predicted molar refractivity (Wildman–Crippen MR) is 111 cm³/mol. The van der Waals surface area contributed by atoms with Crippen molar-refractivity contribution in [3.05, 3.63) is 29.3 Å². The molecule has 0 spiro atoms. The topological polar surface area (TPSA) is 154 Å². The molecule has 0 aromatic heterocycles. The minimum absolute atomic E-state index is 0.00152. The van der Waals surface area contributed by atoms with Gasteiger partial charge in [0.2, 0.25) is 5.91 Å². The molecule has 1 aromatic carbocycles. The monoisotopic (exact) mass is 419 g/mol. The van der Waals surface area contributed by atoms with Gasteiger partial charge in [0, 0.05) is 25.0 Å². The molecule has 1 aliphatic carbocycles. The van der Waals surface area contributed by atoms with E-state index in [1.807, 2.05) is 0 Å². The quantitative estimate of drug-likeness (QED) is 0.314. The van der Waals surface area contributed by atoms with E-state index in [0.29, 0.717) is 31.0 Å². The molecular weight excluding hydrogens is 389 g/mol. The lowest BCUT2D eigenvalue weighted by molar-refractivity contribution is -0.122. The van der Waals surface area contributed by atoms with Crippen LogP contribution in [0.5, 0.6) is 5.75 Å². The number of aromatic carboxylic acids is 1. The fourth-order valence-electron chi connectivity index (χ4n) is 4.20. The Hall–Kier alpha value is -2.14. The summed E-state index contributed by atoms with van der Waals surface area (Å²) in [4.78, 5) is 23.8. The second kappa shape index (κ2) is 10.3. The van der Waals surface area contributed by atoms with Crippen molar-refractivity contribution < 1.29 is 29.5 Å². The van der Waals surface area contributed by atoms with E-state index in [4.69, 9.17) is 15.5 Å². The molecular formula is C20H30BN3O6. The van der Waals surface area contributed by atoms with E-state index >= 15 is 0 Å². The zero-order valence-electron chi connectivity index (χ0n) is 16.9. The number of carboxylic acids is 1. The number of hydrogen-bond donors (Lipinski definition) is 6. The summed E-state index contributed by atoms with van der Waals surface area (Å²) in [6.07, 6.45) is 4.45.